The molecule has 0 aliphatic carbocycles. The van der Waals surface area contributed by atoms with Crippen molar-refractivity contribution < 1.29 is 19.1 Å². The molecule has 0 spiro atoms. The molecule has 0 bridgehead atoms. The third-order valence-corrected chi connectivity index (χ3v) is 5.10. The lowest BCUT2D eigenvalue weighted by Gasteiger charge is -2.19. The van der Waals surface area contributed by atoms with Gasteiger partial charge in [0.1, 0.15) is 5.69 Å². The molecule has 6 heteroatoms. The normalized spacial score (nSPS) is 11.9. The SMILES string of the molecule is CC(=O)c1c[nH]c(C(=O)OCC(=O)c2cc(C)n([C@H](C)c3ccccc3)c2C)c1. The van der Waals surface area contributed by atoms with E-state index in [0.717, 1.165) is 17.0 Å². The molecule has 0 unspecified atom stereocenters. The minimum Gasteiger partial charge on any atom is -0.453 e. The van der Waals surface area contributed by atoms with Crippen LogP contribution < -0.4 is 0 Å². The number of Topliss-reactive ketones (excluding diaryl/α,β-unsaturated/α-hetero) is 2. The summed E-state index contributed by atoms with van der Waals surface area (Å²) in [6.07, 6.45) is 1.44. The quantitative estimate of drug-likeness (QED) is 0.480. The van der Waals surface area contributed by atoms with Gasteiger partial charge >= 0.3 is 5.97 Å². The number of carbonyl (C=O) groups is 3. The predicted molar refractivity (Wildman–Crippen MR) is 110 cm³/mol. The third-order valence-electron chi connectivity index (χ3n) is 5.10. The van der Waals surface area contributed by atoms with Crippen molar-refractivity contribution in [3.8, 4) is 0 Å². The Labute approximate surface area is 169 Å². The van der Waals surface area contributed by atoms with E-state index in [1.54, 1.807) is 0 Å². The number of aryl methyl sites for hydroxylation is 1. The molecule has 29 heavy (non-hydrogen) atoms. The van der Waals surface area contributed by atoms with Crippen molar-refractivity contribution in [2.24, 2.45) is 0 Å². The zero-order chi connectivity index (χ0) is 21.1. The van der Waals surface area contributed by atoms with Gasteiger partial charge in [-0.05, 0) is 45.4 Å². The summed E-state index contributed by atoms with van der Waals surface area (Å²) >= 11 is 0. The van der Waals surface area contributed by atoms with Crippen LogP contribution in [-0.2, 0) is 4.74 Å². The molecular formula is C23H24N2O4. The Morgan fingerprint density at radius 3 is 2.41 bits per heavy atom. The second kappa shape index (κ2) is 8.31. The number of H-pyrrole nitrogens is 1. The van der Waals surface area contributed by atoms with Crippen LogP contribution >= 0.6 is 0 Å². The second-order valence-electron chi connectivity index (χ2n) is 7.10. The zero-order valence-electron chi connectivity index (χ0n) is 17.0. The highest BCUT2D eigenvalue weighted by atomic mass is 16.5. The molecule has 6 nitrogen and oxygen atoms in total. The number of hydrogen-bond donors (Lipinski definition) is 1. The number of aromatic amines is 1. The molecule has 0 aliphatic rings. The Morgan fingerprint density at radius 1 is 1.10 bits per heavy atom. The molecular weight excluding hydrogens is 368 g/mol. The highest BCUT2D eigenvalue weighted by Gasteiger charge is 2.21. The number of aromatic nitrogens is 2. The van der Waals surface area contributed by atoms with Gasteiger partial charge in [-0.2, -0.15) is 0 Å². The molecule has 0 radical (unpaired) electrons. The summed E-state index contributed by atoms with van der Waals surface area (Å²) in [7, 11) is 0. The number of benzene rings is 1. The van der Waals surface area contributed by atoms with Gasteiger partial charge in [-0.25, -0.2) is 4.79 Å². The van der Waals surface area contributed by atoms with E-state index in [2.05, 4.69) is 28.6 Å². The van der Waals surface area contributed by atoms with E-state index in [4.69, 9.17) is 4.74 Å². The van der Waals surface area contributed by atoms with Crippen molar-refractivity contribution in [1.29, 1.82) is 0 Å². The first-order chi connectivity index (χ1) is 13.8. The van der Waals surface area contributed by atoms with Crippen LogP contribution in [0, 0.1) is 13.8 Å². The van der Waals surface area contributed by atoms with Gasteiger partial charge in [-0.3, -0.25) is 9.59 Å². The number of nitrogens with one attached hydrogen (secondary N) is 1. The van der Waals surface area contributed by atoms with Crippen LogP contribution in [-0.4, -0.2) is 33.7 Å². The largest absolute Gasteiger partial charge is 0.453 e. The summed E-state index contributed by atoms with van der Waals surface area (Å²) in [4.78, 5) is 38.9. The molecule has 150 valence electrons. The monoisotopic (exact) mass is 392 g/mol. The van der Waals surface area contributed by atoms with Gasteiger partial charge in [0.25, 0.3) is 0 Å². The molecule has 0 saturated carbocycles. The summed E-state index contributed by atoms with van der Waals surface area (Å²) in [5, 5.41) is 0. The number of nitrogens with zero attached hydrogens (tertiary/aromatic N) is 1. The topological polar surface area (TPSA) is 81.2 Å². The van der Waals surface area contributed by atoms with Crippen molar-refractivity contribution in [3.05, 3.63) is 82.4 Å². The van der Waals surface area contributed by atoms with Gasteiger partial charge in [-0.15, -0.1) is 0 Å². The maximum Gasteiger partial charge on any atom is 0.355 e. The van der Waals surface area contributed by atoms with Crippen molar-refractivity contribution in [3.63, 3.8) is 0 Å². The molecule has 0 saturated heterocycles. The molecule has 2 aromatic heterocycles. The molecule has 2 heterocycles. The summed E-state index contributed by atoms with van der Waals surface area (Å²) in [5.41, 5.74) is 4.01. The van der Waals surface area contributed by atoms with Crippen LogP contribution in [0.25, 0.3) is 0 Å². The fourth-order valence-corrected chi connectivity index (χ4v) is 3.54. The summed E-state index contributed by atoms with van der Waals surface area (Å²) in [6.45, 7) is 6.98. The van der Waals surface area contributed by atoms with Crippen LogP contribution in [0.2, 0.25) is 0 Å². The first-order valence-electron chi connectivity index (χ1n) is 9.42. The maximum absolute atomic E-state index is 12.7. The molecule has 0 aliphatic heterocycles. The van der Waals surface area contributed by atoms with Gasteiger partial charge in [-0.1, -0.05) is 30.3 Å². The number of ether oxygens (including phenoxy) is 1. The van der Waals surface area contributed by atoms with E-state index in [9.17, 15) is 14.4 Å². The van der Waals surface area contributed by atoms with E-state index in [1.165, 1.54) is 19.2 Å². The lowest BCUT2D eigenvalue weighted by atomic mass is 10.1. The van der Waals surface area contributed by atoms with E-state index in [-0.39, 0.29) is 29.9 Å². The van der Waals surface area contributed by atoms with E-state index in [1.807, 2.05) is 38.1 Å². The van der Waals surface area contributed by atoms with Crippen LogP contribution in [0.5, 0.6) is 0 Å². The van der Waals surface area contributed by atoms with E-state index in [0.29, 0.717) is 11.1 Å². The molecule has 1 N–H and O–H groups in total. The number of hydrogen-bond acceptors (Lipinski definition) is 4. The Kier molecular flexibility index (Phi) is 5.82. The molecule has 1 atom stereocenters. The van der Waals surface area contributed by atoms with Crippen LogP contribution in [0.3, 0.4) is 0 Å². The Balaban J connectivity index is 1.73. The summed E-state index contributed by atoms with van der Waals surface area (Å²) < 4.78 is 7.25. The average molecular weight is 392 g/mol. The first-order valence-corrected chi connectivity index (χ1v) is 9.42. The number of rotatable bonds is 7. The predicted octanol–water partition coefficient (Wildman–Crippen LogP) is 4.28. The van der Waals surface area contributed by atoms with E-state index >= 15 is 0 Å². The highest BCUT2D eigenvalue weighted by molar-refractivity contribution is 6.01. The Hall–Kier alpha value is -3.41. The fourth-order valence-electron chi connectivity index (χ4n) is 3.54. The second-order valence-corrected chi connectivity index (χ2v) is 7.10. The van der Waals surface area contributed by atoms with Gasteiger partial charge < -0.3 is 14.3 Å². The molecule has 1 aromatic carbocycles. The van der Waals surface area contributed by atoms with Gasteiger partial charge in [0.05, 0.1) is 6.04 Å². The fraction of sp³-hybridized carbons (Fsp3) is 0.261. The van der Waals surface area contributed by atoms with Gasteiger partial charge in [0, 0.05) is 28.7 Å². The van der Waals surface area contributed by atoms with Crippen LogP contribution in [0.4, 0.5) is 0 Å². The smallest absolute Gasteiger partial charge is 0.355 e. The standard InChI is InChI=1S/C23H24N2O4/c1-14-10-20(16(3)25(14)15(2)18-8-6-5-7-9-18)22(27)13-29-23(28)21-11-19(12-24-21)17(4)26/h5-12,15,24H,13H2,1-4H3/t15-/m1/s1. The number of ketones is 2. The van der Waals surface area contributed by atoms with Crippen molar-refractivity contribution in [2.75, 3.05) is 6.61 Å². The minimum absolute atomic E-state index is 0.0734. The molecule has 3 aromatic rings. The highest BCUT2D eigenvalue weighted by Crippen LogP contribution is 2.25. The Morgan fingerprint density at radius 2 is 1.79 bits per heavy atom. The number of carbonyl (C=O) groups excluding carboxylic acids is 3. The van der Waals surface area contributed by atoms with E-state index < -0.39 is 5.97 Å². The van der Waals surface area contributed by atoms with Gasteiger partial charge in [0.2, 0.25) is 5.78 Å². The average Bonchev–Trinajstić information content (AvgIpc) is 3.31. The lowest BCUT2D eigenvalue weighted by molar-refractivity contribution is 0.0469. The third kappa shape index (κ3) is 4.21. The van der Waals surface area contributed by atoms with Crippen molar-refractivity contribution in [1.82, 2.24) is 9.55 Å². The number of esters is 1. The van der Waals surface area contributed by atoms with Crippen LogP contribution in [0.1, 0.15) is 68.0 Å². The summed E-state index contributed by atoms with van der Waals surface area (Å²) in [5.74, 6) is -1.09. The molecule has 0 amide bonds. The summed E-state index contributed by atoms with van der Waals surface area (Å²) in [6, 6.07) is 13.4. The first kappa shape index (κ1) is 20.3. The molecule has 0 fully saturated rings. The molecule has 3 rings (SSSR count). The van der Waals surface area contributed by atoms with Crippen molar-refractivity contribution >= 4 is 17.5 Å². The lowest BCUT2D eigenvalue weighted by Crippen LogP contribution is -2.16. The zero-order valence-corrected chi connectivity index (χ0v) is 17.0. The maximum atomic E-state index is 12.7. The van der Waals surface area contributed by atoms with Crippen molar-refractivity contribution in [2.45, 2.75) is 33.7 Å². The van der Waals surface area contributed by atoms with Crippen LogP contribution in [0.15, 0.2) is 48.7 Å². The van der Waals surface area contributed by atoms with Gasteiger partial charge in [0.15, 0.2) is 12.4 Å². The minimum atomic E-state index is -0.669. The Bertz CT molecular complexity index is 1060.